The fraction of sp³-hybridized carbons (Fsp3) is 0.222. The summed E-state index contributed by atoms with van der Waals surface area (Å²) in [6.45, 7) is 7.93. The van der Waals surface area contributed by atoms with Crippen LogP contribution in [-0.2, 0) is 10.2 Å². The zero-order valence-electron chi connectivity index (χ0n) is 20.5. The molecule has 1 amide bonds. The molecule has 1 N–H and O–H groups in total. The van der Waals surface area contributed by atoms with Crippen molar-refractivity contribution in [1.29, 1.82) is 0 Å². The van der Waals surface area contributed by atoms with Crippen molar-refractivity contribution in [1.82, 2.24) is 4.98 Å². The Kier molecular flexibility index (Phi) is 5.71. The molecular formula is C27H23N3O6S. The molecular weight excluding hydrogens is 494 g/mol. The van der Waals surface area contributed by atoms with Crippen molar-refractivity contribution in [3.05, 3.63) is 98.7 Å². The number of nitro benzene ring substituents is 1. The minimum Gasteiger partial charge on any atom is -0.503 e. The summed E-state index contributed by atoms with van der Waals surface area (Å²) in [5, 5.41) is 22.4. The van der Waals surface area contributed by atoms with Crippen LogP contribution in [0, 0.1) is 17.0 Å². The lowest BCUT2D eigenvalue weighted by atomic mass is 9.85. The van der Waals surface area contributed by atoms with Crippen molar-refractivity contribution in [2.45, 2.75) is 39.2 Å². The van der Waals surface area contributed by atoms with Gasteiger partial charge >= 0.3 is 0 Å². The first-order valence-electron chi connectivity index (χ1n) is 11.5. The maximum Gasteiger partial charge on any atom is 0.296 e. The van der Waals surface area contributed by atoms with Gasteiger partial charge in [-0.3, -0.25) is 24.6 Å². The number of ketones is 1. The summed E-state index contributed by atoms with van der Waals surface area (Å²) in [4.78, 5) is 43.4. The monoisotopic (exact) mass is 517 g/mol. The largest absolute Gasteiger partial charge is 0.503 e. The van der Waals surface area contributed by atoms with E-state index in [2.05, 4.69) is 25.8 Å². The van der Waals surface area contributed by atoms with Crippen LogP contribution in [0.3, 0.4) is 0 Å². The van der Waals surface area contributed by atoms with Crippen LogP contribution in [0.4, 0.5) is 10.8 Å². The second-order valence-corrected chi connectivity index (χ2v) is 10.9. The topological polar surface area (TPSA) is 127 Å². The van der Waals surface area contributed by atoms with Gasteiger partial charge in [0.05, 0.1) is 26.8 Å². The maximum absolute atomic E-state index is 13.5. The summed E-state index contributed by atoms with van der Waals surface area (Å²) < 4.78 is 6.01. The minimum absolute atomic E-state index is 0.00457. The predicted octanol–water partition coefficient (Wildman–Crippen LogP) is 6.19. The van der Waals surface area contributed by atoms with Crippen molar-refractivity contribution in [3.8, 4) is 0 Å². The Bertz CT molecular complexity index is 1610. The molecule has 0 bridgehead atoms. The van der Waals surface area contributed by atoms with Gasteiger partial charge in [-0.05, 0) is 41.7 Å². The fourth-order valence-electron chi connectivity index (χ4n) is 4.32. The number of benzene rings is 2. The molecule has 1 aliphatic heterocycles. The Balaban J connectivity index is 1.66. The van der Waals surface area contributed by atoms with Crippen LogP contribution in [0.5, 0.6) is 0 Å². The number of Topliss-reactive ketones (excluding diaryl/α,β-unsaturated/α-hetero) is 1. The molecule has 1 atom stereocenters. The number of fused-ring (bicyclic) bond motifs is 1. The van der Waals surface area contributed by atoms with Crippen molar-refractivity contribution in [2.24, 2.45) is 0 Å². The lowest BCUT2D eigenvalue weighted by Crippen LogP contribution is -2.31. The molecule has 1 aliphatic rings. The van der Waals surface area contributed by atoms with E-state index in [9.17, 15) is 24.8 Å². The number of thiazole rings is 1. The summed E-state index contributed by atoms with van der Waals surface area (Å²) in [6.07, 6.45) is 0. The molecule has 3 heterocycles. The number of carbonyl (C=O) groups is 2. The summed E-state index contributed by atoms with van der Waals surface area (Å²) in [7, 11) is 0. The van der Waals surface area contributed by atoms with Gasteiger partial charge < -0.3 is 9.52 Å². The van der Waals surface area contributed by atoms with Gasteiger partial charge in [-0.15, -0.1) is 0 Å². The van der Waals surface area contributed by atoms with Gasteiger partial charge in [0.1, 0.15) is 5.76 Å². The van der Waals surface area contributed by atoms with E-state index >= 15 is 0 Å². The van der Waals surface area contributed by atoms with Crippen LogP contribution < -0.4 is 4.90 Å². The first-order valence-corrected chi connectivity index (χ1v) is 12.3. The van der Waals surface area contributed by atoms with E-state index < -0.39 is 28.4 Å². The number of hydrogen-bond acceptors (Lipinski definition) is 8. The van der Waals surface area contributed by atoms with Crippen molar-refractivity contribution in [3.63, 3.8) is 0 Å². The molecule has 2 aromatic carbocycles. The fourth-order valence-corrected chi connectivity index (χ4v) is 5.35. The Morgan fingerprint density at radius 1 is 1.14 bits per heavy atom. The van der Waals surface area contributed by atoms with Gasteiger partial charge in [0.25, 0.3) is 11.6 Å². The van der Waals surface area contributed by atoms with Crippen LogP contribution in [0.15, 0.2) is 70.3 Å². The summed E-state index contributed by atoms with van der Waals surface area (Å²) >= 11 is 1.07. The molecule has 5 rings (SSSR count). The molecule has 0 spiro atoms. The number of furan rings is 1. The van der Waals surface area contributed by atoms with E-state index in [0.717, 1.165) is 16.9 Å². The van der Waals surface area contributed by atoms with Crippen LogP contribution >= 0.6 is 11.3 Å². The molecule has 37 heavy (non-hydrogen) atoms. The SMILES string of the molecule is Cc1ccc(C(=O)C2=C(O)C(=O)N(c3nc4ccc([N+](=O)[O-])cc4s3)C2c2ccc(C(C)(C)C)cc2)o1. The van der Waals surface area contributed by atoms with Gasteiger partial charge in [0.2, 0.25) is 5.78 Å². The smallest absolute Gasteiger partial charge is 0.296 e. The lowest BCUT2D eigenvalue weighted by molar-refractivity contribution is -0.384. The van der Waals surface area contributed by atoms with Gasteiger partial charge in [-0.2, -0.15) is 0 Å². The average Bonchev–Trinajstić information content (AvgIpc) is 3.53. The zero-order chi connectivity index (χ0) is 26.6. The molecule has 0 radical (unpaired) electrons. The highest BCUT2D eigenvalue weighted by Crippen LogP contribution is 2.45. The molecule has 0 saturated carbocycles. The van der Waals surface area contributed by atoms with Crippen LogP contribution in [0.25, 0.3) is 10.2 Å². The molecule has 10 heteroatoms. The normalized spacial score (nSPS) is 16.2. The number of amides is 1. The third kappa shape index (κ3) is 4.19. The number of nitro groups is 1. The van der Waals surface area contributed by atoms with Crippen LogP contribution in [-0.4, -0.2) is 26.7 Å². The van der Waals surface area contributed by atoms with Crippen LogP contribution in [0.1, 0.15) is 54.3 Å². The first-order chi connectivity index (χ1) is 17.5. The lowest BCUT2D eigenvalue weighted by Gasteiger charge is -2.25. The van der Waals surface area contributed by atoms with E-state index in [1.807, 2.05) is 24.3 Å². The zero-order valence-corrected chi connectivity index (χ0v) is 21.3. The van der Waals surface area contributed by atoms with Crippen molar-refractivity contribution < 1.29 is 24.0 Å². The Morgan fingerprint density at radius 3 is 2.43 bits per heavy atom. The third-order valence-corrected chi connectivity index (χ3v) is 7.30. The van der Waals surface area contributed by atoms with Gasteiger partial charge in [0, 0.05) is 12.1 Å². The van der Waals surface area contributed by atoms with E-state index in [1.54, 1.807) is 13.0 Å². The molecule has 9 nitrogen and oxygen atoms in total. The molecule has 1 unspecified atom stereocenters. The number of hydrogen-bond donors (Lipinski definition) is 1. The van der Waals surface area contributed by atoms with E-state index in [0.29, 0.717) is 21.5 Å². The highest BCUT2D eigenvalue weighted by molar-refractivity contribution is 7.22. The number of anilines is 1. The molecule has 0 aliphatic carbocycles. The number of aromatic nitrogens is 1. The highest BCUT2D eigenvalue weighted by atomic mass is 32.1. The summed E-state index contributed by atoms with van der Waals surface area (Å²) in [5.41, 5.74) is 1.78. The number of aryl methyl sites for hydroxylation is 1. The summed E-state index contributed by atoms with van der Waals surface area (Å²) in [5.74, 6) is -1.56. The van der Waals surface area contributed by atoms with Gasteiger partial charge in [-0.1, -0.05) is 56.4 Å². The number of non-ortho nitro benzene ring substituents is 1. The number of carbonyl (C=O) groups excluding carboxylic acids is 2. The van der Waals surface area contributed by atoms with E-state index in [-0.39, 0.29) is 27.6 Å². The molecule has 4 aromatic rings. The number of nitrogens with zero attached hydrogens (tertiary/aromatic N) is 3. The third-order valence-electron chi connectivity index (χ3n) is 6.29. The Hall–Kier alpha value is -4.31. The standard InChI is InChI=1S/C27H23N3O6S/c1-14-5-12-19(36-14)23(31)21-22(15-6-8-16(9-7-15)27(2,3)4)29(25(33)24(21)32)26-28-18-11-10-17(30(34)35)13-20(18)37-26/h5-13,22,32H,1-4H3. The maximum atomic E-state index is 13.5. The van der Waals surface area contributed by atoms with E-state index in [4.69, 9.17) is 4.42 Å². The van der Waals surface area contributed by atoms with Crippen LogP contribution in [0.2, 0.25) is 0 Å². The molecule has 0 saturated heterocycles. The highest BCUT2D eigenvalue weighted by Gasteiger charge is 2.46. The predicted molar refractivity (Wildman–Crippen MR) is 139 cm³/mol. The summed E-state index contributed by atoms with van der Waals surface area (Å²) in [6, 6.07) is 13.9. The van der Waals surface area contributed by atoms with E-state index in [1.165, 1.54) is 29.2 Å². The molecule has 0 fully saturated rings. The second-order valence-electron chi connectivity index (χ2n) is 9.86. The number of aliphatic hydroxyl groups is 1. The average molecular weight is 518 g/mol. The Labute approximate surface area is 215 Å². The van der Waals surface area contributed by atoms with Crippen molar-refractivity contribution in [2.75, 3.05) is 4.90 Å². The second kappa shape index (κ2) is 8.67. The molecule has 2 aromatic heterocycles. The quantitative estimate of drug-likeness (QED) is 0.190. The van der Waals surface area contributed by atoms with Crippen molar-refractivity contribution >= 4 is 44.1 Å². The Morgan fingerprint density at radius 2 is 1.84 bits per heavy atom. The number of aliphatic hydroxyl groups excluding tert-OH is 1. The van der Waals surface area contributed by atoms with Gasteiger partial charge in [-0.25, -0.2) is 4.98 Å². The minimum atomic E-state index is -0.977. The first kappa shape index (κ1) is 24.4. The molecule has 188 valence electrons. The number of rotatable bonds is 5. The van der Waals surface area contributed by atoms with Gasteiger partial charge in [0.15, 0.2) is 16.7 Å².